The zero-order valence-corrected chi connectivity index (χ0v) is 16.7. The van der Waals surface area contributed by atoms with Crippen LogP contribution in [0.5, 0.6) is 5.88 Å². The summed E-state index contributed by atoms with van der Waals surface area (Å²) in [5.41, 5.74) is 0.929. The Morgan fingerprint density at radius 1 is 1.32 bits per heavy atom. The Morgan fingerprint density at radius 2 is 2.11 bits per heavy atom. The third-order valence-electron chi connectivity index (χ3n) is 5.22. The van der Waals surface area contributed by atoms with Crippen molar-refractivity contribution >= 4 is 5.91 Å². The number of β-amino-alcohol motifs (C(OH)–C–C–N with tert-alkyl or cyclic N) is 1. The zero-order chi connectivity index (χ0) is 20.0. The number of amides is 1. The van der Waals surface area contributed by atoms with Crippen LogP contribution in [0, 0.1) is 0 Å². The summed E-state index contributed by atoms with van der Waals surface area (Å²) in [6, 6.07) is 13.7. The lowest BCUT2D eigenvalue weighted by Gasteiger charge is -2.41. The normalized spacial score (nSPS) is 19.6. The number of aromatic nitrogens is 1. The number of nitrogens with zero attached hydrogens (tertiary/aromatic N) is 3. The number of rotatable bonds is 7. The van der Waals surface area contributed by atoms with E-state index in [1.807, 2.05) is 25.2 Å². The molecule has 6 nitrogen and oxygen atoms in total. The molecule has 1 N–H and O–H groups in total. The second-order valence-corrected chi connectivity index (χ2v) is 7.61. The average molecular weight is 383 g/mol. The number of ether oxygens (including phenoxy) is 1. The smallest absolute Gasteiger partial charge is 0.254 e. The van der Waals surface area contributed by atoms with Crippen molar-refractivity contribution in [3.8, 4) is 5.88 Å². The summed E-state index contributed by atoms with van der Waals surface area (Å²) in [5, 5.41) is 11.1. The third-order valence-corrected chi connectivity index (χ3v) is 5.22. The Hall–Kier alpha value is -2.44. The summed E-state index contributed by atoms with van der Waals surface area (Å²) in [6.45, 7) is 2.40. The number of likely N-dealkylation sites (N-methyl/N-ethyl adjacent to an activating group) is 1. The van der Waals surface area contributed by atoms with Crippen LogP contribution in [0.1, 0.15) is 28.8 Å². The van der Waals surface area contributed by atoms with Crippen molar-refractivity contribution < 1.29 is 14.6 Å². The van der Waals surface area contributed by atoms with Gasteiger partial charge in [0.2, 0.25) is 5.88 Å². The molecule has 28 heavy (non-hydrogen) atoms. The van der Waals surface area contributed by atoms with Gasteiger partial charge in [0.25, 0.3) is 5.91 Å². The van der Waals surface area contributed by atoms with Crippen molar-refractivity contribution in [1.82, 2.24) is 14.8 Å². The van der Waals surface area contributed by atoms with Crippen LogP contribution in [0.2, 0.25) is 0 Å². The minimum atomic E-state index is -0.892. The van der Waals surface area contributed by atoms with Gasteiger partial charge in [0.1, 0.15) is 0 Å². The fourth-order valence-electron chi connectivity index (χ4n) is 3.80. The monoisotopic (exact) mass is 383 g/mol. The molecule has 1 saturated heterocycles. The minimum Gasteiger partial charge on any atom is -0.481 e. The molecular weight excluding hydrogens is 354 g/mol. The number of methoxy groups -OCH3 is 1. The van der Waals surface area contributed by atoms with Gasteiger partial charge in [-0.3, -0.25) is 4.79 Å². The first kappa shape index (κ1) is 20.3. The van der Waals surface area contributed by atoms with E-state index >= 15 is 0 Å². The number of benzene rings is 1. The summed E-state index contributed by atoms with van der Waals surface area (Å²) in [6.07, 6.45) is 4.00. The Balaban J connectivity index is 1.58. The Morgan fingerprint density at radius 3 is 2.86 bits per heavy atom. The maximum absolute atomic E-state index is 12.9. The molecule has 0 spiro atoms. The zero-order valence-electron chi connectivity index (χ0n) is 16.7. The molecule has 1 aliphatic heterocycles. The maximum Gasteiger partial charge on any atom is 0.254 e. The molecule has 2 aromatic rings. The SMILES string of the molecule is COc1cc(C(=O)N2CCCC(O)(CN(C)CCc3ccccc3)C2)ccn1. The number of aliphatic hydroxyl groups is 1. The molecule has 1 aromatic heterocycles. The molecule has 3 rings (SSSR count). The summed E-state index contributed by atoms with van der Waals surface area (Å²) < 4.78 is 5.11. The molecule has 1 atom stereocenters. The van der Waals surface area contributed by atoms with E-state index in [4.69, 9.17) is 4.74 Å². The van der Waals surface area contributed by atoms with Gasteiger partial charge in [-0.25, -0.2) is 4.98 Å². The van der Waals surface area contributed by atoms with Gasteiger partial charge in [-0.15, -0.1) is 0 Å². The van der Waals surface area contributed by atoms with Gasteiger partial charge in [0, 0.05) is 37.5 Å². The largest absolute Gasteiger partial charge is 0.481 e. The first-order valence-corrected chi connectivity index (χ1v) is 9.73. The number of hydrogen-bond acceptors (Lipinski definition) is 5. The van der Waals surface area contributed by atoms with Crippen LogP contribution in [0.25, 0.3) is 0 Å². The van der Waals surface area contributed by atoms with E-state index in [9.17, 15) is 9.90 Å². The van der Waals surface area contributed by atoms with Crippen LogP contribution in [-0.4, -0.2) is 71.7 Å². The lowest BCUT2D eigenvalue weighted by molar-refractivity contribution is -0.0425. The van der Waals surface area contributed by atoms with Crippen molar-refractivity contribution in [1.29, 1.82) is 0 Å². The highest BCUT2D eigenvalue weighted by Gasteiger charge is 2.36. The molecule has 1 aromatic carbocycles. The molecule has 0 saturated carbocycles. The number of carbonyl (C=O) groups excluding carboxylic acids is 1. The van der Waals surface area contributed by atoms with Crippen LogP contribution in [0.15, 0.2) is 48.7 Å². The average Bonchev–Trinajstić information content (AvgIpc) is 2.72. The van der Waals surface area contributed by atoms with E-state index in [0.717, 1.165) is 19.4 Å². The summed E-state index contributed by atoms with van der Waals surface area (Å²) in [5.74, 6) is 0.324. The molecule has 1 aliphatic rings. The highest BCUT2D eigenvalue weighted by Crippen LogP contribution is 2.24. The van der Waals surface area contributed by atoms with E-state index in [1.54, 1.807) is 23.2 Å². The molecular formula is C22H29N3O3. The summed E-state index contributed by atoms with van der Waals surface area (Å²) in [7, 11) is 3.55. The standard InChI is InChI=1S/C22H29N3O3/c1-24(14-10-18-7-4-3-5-8-18)16-22(27)11-6-13-25(17-22)21(26)19-9-12-23-20(15-19)28-2/h3-5,7-9,12,15,27H,6,10-11,13-14,16-17H2,1-2H3. The molecule has 0 bridgehead atoms. The van der Waals surface area contributed by atoms with Gasteiger partial charge < -0.3 is 19.6 Å². The van der Waals surface area contributed by atoms with E-state index in [1.165, 1.54) is 12.7 Å². The topological polar surface area (TPSA) is 65.9 Å². The van der Waals surface area contributed by atoms with Crippen LogP contribution in [0.4, 0.5) is 0 Å². The van der Waals surface area contributed by atoms with Crippen LogP contribution in [0.3, 0.4) is 0 Å². The minimum absolute atomic E-state index is 0.0919. The van der Waals surface area contributed by atoms with Crippen molar-refractivity contribution in [3.63, 3.8) is 0 Å². The second kappa shape index (κ2) is 9.17. The Labute approximate surface area is 166 Å². The van der Waals surface area contributed by atoms with Crippen molar-refractivity contribution in [3.05, 3.63) is 59.8 Å². The van der Waals surface area contributed by atoms with Crippen LogP contribution in [-0.2, 0) is 6.42 Å². The number of pyridine rings is 1. The lowest BCUT2D eigenvalue weighted by Crippen LogP contribution is -2.55. The number of carbonyl (C=O) groups is 1. The number of hydrogen-bond donors (Lipinski definition) is 1. The van der Waals surface area contributed by atoms with E-state index < -0.39 is 5.60 Å². The van der Waals surface area contributed by atoms with Crippen molar-refractivity contribution in [2.45, 2.75) is 24.9 Å². The van der Waals surface area contributed by atoms with Gasteiger partial charge in [-0.2, -0.15) is 0 Å². The molecule has 1 unspecified atom stereocenters. The second-order valence-electron chi connectivity index (χ2n) is 7.61. The van der Waals surface area contributed by atoms with Gasteiger partial charge in [0.15, 0.2) is 0 Å². The maximum atomic E-state index is 12.9. The first-order chi connectivity index (χ1) is 13.5. The van der Waals surface area contributed by atoms with Crippen molar-refractivity contribution in [2.75, 3.05) is 40.3 Å². The summed E-state index contributed by atoms with van der Waals surface area (Å²) >= 11 is 0. The van der Waals surface area contributed by atoms with E-state index in [-0.39, 0.29) is 5.91 Å². The number of piperidine rings is 1. The molecule has 6 heteroatoms. The Kier molecular flexibility index (Phi) is 6.65. The van der Waals surface area contributed by atoms with E-state index in [2.05, 4.69) is 22.0 Å². The molecule has 1 fully saturated rings. The molecule has 0 aliphatic carbocycles. The molecule has 0 radical (unpaired) electrons. The molecule has 2 heterocycles. The summed E-state index contributed by atoms with van der Waals surface area (Å²) in [4.78, 5) is 20.8. The molecule has 1 amide bonds. The quantitative estimate of drug-likeness (QED) is 0.794. The van der Waals surface area contributed by atoms with Gasteiger partial charge in [0.05, 0.1) is 19.3 Å². The van der Waals surface area contributed by atoms with Gasteiger partial charge in [-0.1, -0.05) is 30.3 Å². The first-order valence-electron chi connectivity index (χ1n) is 9.73. The fourth-order valence-corrected chi connectivity index (χ4v) is 3.80. The number of likely N-dealkylation sites (tertiary alicyclic amines) is 1. The van der Waals surface area contributed by atoms with Gasteiger partial charge in [-0.05, 0) is 37.9 Å². The van der Waals surface area contributed by atoms with Crippen molar-refractivity contribution in [2.24, 2.45) is 0 Å². The highest BCUT2D eigenvalue weighted by molar-refractivity contribution is 5.94. The third kappa shape index (κ3) is 5.30. The molecule has 150 valence electrons. The predicted octanol–water partition coefficient (Wildman–Crippen LogP) is 2.23. The van der Waals surface area contributed by atoms with E-state index in [0.29, 0.717) is 37.5 Å². The fraction of sp³-hybridized carbons (Fsp3) is 0.455. The highest BCUT2D eigenvalue weighted by atomic mass is 16.5. The predicted molar refractivity (Wildman–Crippen MR) is 109 cm³/mol. The van der Waals surface area contributed by atoms with Gasteiger partial charge >= 0.3 is 0 Å². The van der Waals surface area contributed by atoms with Crippen LogP contribution < -0.4 is 4.74 Å². The van der Waals surface area contributed by atoms with Crippen LogP contribution >= 0.6 is 0 Å². The Bertz CT molecular complexity index is 784. The lowest BCUT2D eigenvalue weighted by atomic mass is 9.91.